The fraction of sp³-hybridized carbons (Fsp3) is 0.846. The Kier molecular flexibility index (Phi) is 6.18. The Bertz CT molecular complexity index is 503. The van der Waals surface area contributed by atoms with Crippen molar-refractivity contribution in [2.24, 2.45) is 0 Å². The van der Waals surface area contributed by atoms with Crippen LogP contribution in [0.1, 0.15) is 33.6 Å². The molecule has 1 heterocycles. The Morgan fingerprint density at radius 1 is 1.14 bits per heavy atom. The van der Waals surface area contributed by atoms with Gasteiger partial charge in [-0.15, -0.1) is 0 Å². The lowest BCUT2D eigenvalue weighted by Gasteiger charge is -2.34. The van der Waals surface area contributed by atoms with Crippen molar-refractivity contribution in [2.75, 3.05) is 31.9 Å². The first kappa shape index (κ1) is 18.7. The molecule has 1 fully saturated rings. The lowest BCUT2D eigenvalue weighted by Crippen LogP contribution is -2.52. The number of ether oxygens (including phenoxy) is 1. The van der Waals surface area contributed by atoms with Gasteiger partial charge in [-0.2, -0.15) is 4.31 Å². The average molecular weight is 336 g/mol. The Morgan fingerprint density at radius 3 is 2.14 bits per heavy atom. The molecule has 22 heavy (non-hydrogen) atoms. The van der Waals surface area contributed by atoms with E-state index in [2.05, 4.69) is 0 Å². The summed E-state index contributed by atoms with van der Waals surface area (Å²) in [5, 5.41) is 8.54. The Balaban J connectivity index is 2.47. The summed E-state index contributed by atoms with van der Waals surface area (Å²) in [6, 6.07) is 0. The second kappa shape index (κ2) is 7.28. The molecule has 0 spiro atoms. The van der Waals surface area contributed by atoms with E-state index in [0.29, 0.717) is 0 Å². The van der Waals surface area contributed by atoms with Gasteiger partial charge in [0.05, 0.1) is 5.75 Å². The van der Waals surface area contributed by atoms with Crippen LogP contribution in [0, 0.1) is 0 Å². The van der Waals surface area contributed by atoms with Gasteiger partial charge >= 0.3 is 12.1 Å². The van der Waals surface area contributed by atoms with Crippen LogP contribution in [0.15, 0.2) is 0 Å². The third kappa shape index (κ3) is 6.18. The number of rotatable bonds is 5. The molecule has 1 aliphatic rings. The first-order valence-electron chi connectivity index (χ1n) is 7.19. The first-order chi connectivity index (χ1) is 10.0. The molecule has 1 amide bonds. The zero-order chi connectivity index (χ0) is 17.0. The molecule has 0 aliphatic carbocycles. The third-order valence-corrected chi connectivity index (χ3v) is 5.03. The number of amides is 1. The fourth-order valence-corrected chi connectivity index (χ4v) is 3.50. The Labute approximate surface area is 131 Å². The molecule has 0 saturated carbocycles. The van der Waals surface area contributed by atoms with Gasteiger partial charge in [0.25, 0.3) is 0 Å². The molecular formula is C13H24N2O6S. The van der Waals surface area contributed by atoms with Crippen LogP contribution in [0.25, 0.3) is 0 Å². The topological polar surface area (TPSA) is 104 Å². The van der Waals surface area contributed by atoms with Gasteiger partial charge in [-0.3, -0.25) is 4.79 Å². The van der Waals surface area contributed by atoms with Crippen LogP contribution < -0.4 is 0 Å². The largest absolute Gasteiger partial charge is 0.481 e. The number of nitrogens with zero attached hydrogens (tertiary/aromatic N) is 2. The number of aliphatic carboxylic acids is 1. The van der Waals surface area contributed by atoms with Crippen LogP contribution in [-0.4, -0.2) is 72.3 Å². The second-order valence-corrected chi connectivity index (χ2v) is 8.27. The van der Waals surface area contributed by atoms with Crippen LogP contribution in [0.5, 0.6) is 0 Å². The van der Waals surface area contributed by atoms with Crippen molar-refractivity contribution in [1.29, 1.82) is 0 Å². The standard InChI is InChI=1S/C13H24N2O6S/c1-13(2,3)21-12(18)14-6-8-15(9-7-14)22(19,20)10-4-5-11(16)17/h4-10H2,1-3H3,(H,16,17). The van der Waals surface area contributed by atoms with Crippen LogP contribution >= 0.6 is 0 Å². The second-order valence-electron chi connectivity index (χ2n) is 6.18. The maximum absolute atomic E-state index is 12.1. The van der Waals surface area contributed by atoms with Crippen LogP contribution in [0.3, 0.4) is 0 Å². The molecule has 0 atom stereocenters. The normalized spacial score (nSPS) is 17.3. The van der Waals surface area contributed by atoms with Crippen molar-refractivity contribution in [3.8, 4) is 0 Å². The first-order valence-corrected chi connectivity index (χ1v) is 8.80. The van der Waals surface area contributed by atoms with E-state index in [1.165, 1.54) is 9.21 Å². The number of hydrogen-bond acceptors (Lipinski definition) is 5. The van der Waals surface area contributed by atoms with Gasteiger partial charge in [-0.1, -0.05) is 0 Å². The van der Waals surface area contributed by atoms with Gasteiger partial charge in [-0.05, 0) is 27.2 Å². The molecule has 0 aromatic heterocycles. The molecule has 1 rings (SSSR count). The molecule has 0 aromatic carbocycles. The van der Waals surface area contributed by atoms with Gasteiger partial charge in [-0.25, -0.2) is 13.2 Å². The number of piperazine rings is 1. The number of carbonyl (C=O) groups is 2. The summed E-state index contributed by atoms with van der Waals surface area (Å²) in [6.45, 7) is 6.26. The van der Waals surface area contributed by atoms with Crippen molar-refractivity contribution in [1.82, 2.24) is 9.21 Å². The number of carboxylic acid groups (broad SMARTS) is 1. The molecule has 1 saturated heterocycles. The van der Waals surface area contributed by atoms with Crippen LogP contribution in [0.2, 0.25) is 0 Å². The zero-order valence-electron chi connectivity index (χ0n) is 13.2. The van der Waals surface area contributed by atoms with Crippen molar-refractivity contribution in [3.05, 3.63) is 0 Å². The molecule has 1 N–H and O–H groups in total. The van der Waals surface area contributed by atoms with Gasteiger partial charge in [0, 0.05) is 32.6 Å². The molecule has 8 nitrogen and oxygen atoms in total. The molecule has 0 bridgehead atoms. The molecule has 0 unspecified atom stereocenters. The van der Waals surface area contributed by atoms with E-state index < -0.39 is 27.7 Å². The minimum absolute atomic E-state index is 0.0872. The maximum atomic E-state index is 12.1. The minimum atomic E-state index is -3.47. The molecule has 0 radical (unpaired) electrons. The van der Waals surface area contributed by atoms with Gasteiger partial charge in [0.15, 0.2) is 0 Å². The quantitative estimate of drug-likeness (QED) is 0.794. The number of carbonyl (C=O) groups excluding carboxylic acids is 1. The van der Waals surface area contributed by atoms with Gasteiger partial charge < -0.3 is 14.7 Å². The summed E-state index contributed by atoms with van der Waals surface area (Å²) in [4.78, 5) is 23.8. The van der Waals surface area contributed by atoms with E-state index in [1.807, 2.05) is 0 Å². The Morgan fingerprint density at radius 2 is 1.68 bits per heavy atom. The highest BCUT2D eigenvalue weighted by Gasteiger charge is 2.30. The molecule has 9 heteroatoms. The summed E-state index contributed by atoms with van der Waals surface area (Å²) in [7, 11) is -3.47. The molecule has 0 aromatic rings. The maximum Gasteiger partial charge on any atom is 0.410 e. The van der Waals surface area contributed by atoms with Crippen LogP contribution in [-0.2, 0) is 19.6 Å². The summed E-state index contributed by atoms with van der Waals surface area (Å²) in [6.07, 6.45) is -0.531. The van der Waals surface area contributed by atoms with Gasteiger partial charge in [0.1, 0.15) is 5.60 Å². The monoisotopic (exact) mass is 336 g/mol. The third-order valence-electron chi connectivity index (χ3n) is 3.08. The average Bonchev–Trinajstić information content (AvgIpc) is 2.36. The van der Waals surface area contributed by atoms with E-state index in [9.17, 15) is 18.0 Å². The highest BCUT2D eigenvalue weighted by molar-refractivity contribution is 7.89. The van der Waals surface area contributed by atoms with Crippen molar-refractivity contribution in [2.45, 2.75) is 39.2 Å². The molecule has 128 valence electrons. The predicted molar refractivity (Wildman–Crippen MR) is 80.0 cm³/mol. The zero-order valence-corrected chi connectivity index (χ0v) is 14.1. The Hall–Kier alpha value is -1.35. The van der Waals surface area contributed by atoms with Crippen LogP contribution in [0.4, 0.5) is 4.79 Å². The summed E-state index contributed by atoms with van der Waals surface area (Å²) >= 11 is 0. The number of hydrogen-bond donors (Lipinski definition) is 1. The van der Waals surface area contributed by atoms with Crippen molar-refractivity contribution >= 4 is 22.1 Å². The SMILES string of the molecule is CC(C)(C)OC(=O)N1CCN(S(=O)(=O)CCCC(=O)O)CC1. The lowest BCUT2D eigenvalue weighted by molar-refractivity contribution is -0.137. The molecule has 1 aliphatic heterocycles. The number of carboxylic acids is 1. The van der Waals surface area contributed by atoms with E-state index in [1.54, 1.807) is 20.8 Å². The minimum Gasteiger partial charge on any atom is -0.481 e. The summed E-state index contributed by atoms with van der Waals surface area (Å²) < 4.78 is 30.7. The summed E-state index contributed by atoms with van der Waals surface area (Å²) in [5.74, 6) is -1.20. The van der Waals surface area contributed by atoms with Crippen molar-refractivity contribution < 1.29 is 27.9 Å². The van der Waals surface area contributed by atoms with Gasteiger partial charge in [0.2, 0.25) is 10.0 Å². The molecular weight excluding hydrogens is 312 g/mol. The smallest absolute Gasteiger partial charge is 0.410 e. The summed E-state index contributed by atoms with van der Waals surface area (Å²) in [5.41, 5.74) is -0.586. The predicted octanol–water partition coefficient (Wildman–Crippen LogP) is 0.734. The van der Waals surface area contributed by atoms with E-state index in [0.717, 1.165) is 0 Å². The lowest BCUT2D eigenvalue weighted by atomic mass is 10.2. The van der Waals surface area contributed by atoms with Crippen molar-refractivity contribution in [3.63, 3.8) is 0 Å². The highest BCUT2D eigenvalue weighted by Crippen LogP contribution is 2.14. The number of sulfonamides is 1. The van der Waals surface area contributed by atoms with E-state index in [4.69, 9.17) is 9.84 Å². The van der Waals surface area contributed by atoms with E-state index in [-0.39, 0.29) is 44.8 Å². The highest BCUT2D eigenvalue weighted by atomic mass is 32.2. The van der Waals surface area contributed by atoms with E-state index >= 15 is 0 Å². The fourth-order valence-electron chi connectivity index (χ4n) is 2.01.